The van der Waals surface area contributed by atoms with Crippen molar-refractivity contribution in [3.8, 4) is 23.0 Å². The average molecular weight is 403 g/mol. The van der Waals surface area contributed by atoms with Gasteiger partial charge in [-0.3, -0.25) is 15.1 Å². The summed E-state index contributed by atoms with van der Waals surface area (Å²) >= 11 is 0. The molecule has 0 fully saturated rings. The van der Waals surface area contributed by atoms with Gasteiger partial charge in [0.1, 0.15) is 17.0 Å². The average Bonchev–Trinajstić information content (AvgIpc) is 3.17. The normalized spacial score (nSPS) is 11.2. The summed E-state index contributed by atoms with van der Waals surface area (Å²) in [4.78, 5) is 19.2. The van der Waals surface area contributed by atoms with Crippen LogP contribution in [0.3, 0.4) is 0 Å². The molecule has 3 aromatic carbocycles. The Hall–Kier alpha value is -4.20. The molecule has 0 saturated carbocycles. The Labute approximate surface area is 171 Å². The molecule has 150 valence electrons. The minimum atomic E-state index is -0.527. The van der Waals surface area contributed by atoms with Crippen LogP contribution in [0.25, 0.3) is 22.6 Å². The van der Waals surface area contributed by atoms with E-state index in [9.17, 15) is 15.2 Å². The second-order valence-electron chi connectivity index (χ2n) is 6.39. The monoisotopic (exact) mass is 403 g/mol. The second kappa shape index (κ2) is 8.04. The first kappa shape index (κ1) is 19.1. The van der Waals surface area contributed by atoms with Gasteiger partial charge in [0.2, 0.25) is 5.89 Å². The summed E-state index contributed by atoms with van der Waals surface area (Å²) in [6, 6.07) is 16.4. The lowest BCUT2D eigenvalue weighted by Crippen LogP contribution is -1.90. The molecule has 4 aromatic rings. The molecule has 30 heavy (non-hydrogen) atoms. The lowest BCUT2D eigenvalue weighted by atomic mass is 10.2. The molecular weight excluding hydrogens is 386 g/mol. The van der Waals surface area contributed by atoms with Crippen molar-refractivity contribution in [3.05, 3.63) is 76.3 Å². The second-order valence-corrected chi connectivity index (χ2v) is 6.39. The van der Waals surface area contributed by atoms with E-state index in [2.05, 4.69) is 9.98 Å². The predicted octanol–water partition coefficient (Wildman–Crippen LogP) is 5.26. The van der Waals surface area contributed by atoms with E-state index in [1.807, 2.05) is 31.2 Å². The Balaban J connectivity index is 1.60. The van der Waals surface area contributed by atoms with Gasteiger partial charge >= 0.3 is 0 Å². The Morgan fingerprint density at radius 3 is 2.70 bits per heavy atom. The van der Waals surface area contributed by atoms with Crippen LogP contribution in [0.4, 0.5) is 11.4 Å². The Morgan fingerprint density at radius 1 is 1.17 bits per heavy atom. The fourth-order valence-electron chi connectivity index (χ4n) is 2.88. The number of benzene rings is 3. The molecule has 0 saturated heterocycles. The summed E-state index contributed by atoms with van der Waals surface area (Å²) < 4.78 is 11.3. The number of nitrogens with zero attached hydrogens (tertiary/aromatic N) is 3. The van der Waals surface area contributed by atoms with Crippen LogP contribution in [0.5, 0.6) is 11.5 Å². The van der Waals surface area contributed by atoms with Crippen molar-refractivity contribution in [2.24, 2.45) is 4.99 Å². The highest BCUT2D eigenvalue weighted by Crippen LogP contribution is 2.29. The van der Waals surface area contributed by atoms with E-state index in [-0.39, 0.29) is 17.0 Å². The van der Waals surface area contributed by atoms with Crippen LogP contribution in [0.1, 0.15) is 12.5 Å². The highest BCUT2D eigenvalue weighted by molar-refractivity contribution is 5.87. The van der Waals surface area contributed by atoms with Gasteiger partial charge in [-0.25, -0.2) is 4.98 Å². The molecule has 0 atom stereocenters. The number of nitro benzene ring substituents is 1. The quantitative estimate of drug-likeness (QED) is 0.267. The van der Waals surface area contributed by atoms with Crippen molar-refractivity contribution in [2.75, 3.05) is 6.61 Å². The molecule has 1 N–H and O–H groups in total. The molecule has 0 spiro atoms. The Kier molecular flexibility index (Phi) is 5.13. The molecule has 0 radical (unpaired) electrons. The van der Waals surface area contributed by atoms with Crippen molar-refractivity contribution in [2.45, 2.75) is 6.92 Å². The summed E-state index contributed by atoms with van der Waals surface area (Å²) in [6.07, 6.45) is 1.37. The number of rotatable bonds is 6. The van der Waals surface area contributed by atoms with E-state index < -0.39 is 4.92 Å². The first-order chi connectivity index (χ1) is 14.5. The summed E-state index contributed by atoms with van der Waals surface area (Å²) in [5.74, 6) is 1.16. The third kappa shape index (κ3) is 3.97. The zero-order valence-electron chi connectivity index (χ0n) is 16.0. The maximum Gasteiger partial charge on any atom is 0.270 e. The highest BCUT2D eigenvalue weighted by Gasteiger charge is 2.10. The molecule has 0 bridgehead atoms. The minimum Gasteiger partial charge on any atom is -0.507 e. The fraction of sp³-hybridized carbons (Fsp3) is 0.0909. The molecule has 1 heterocycles. The Bertz CT molecular complexity index is 1250. The number of hydrogen-bond acceptors (Lipinski definition) is 7. The number of nitro groups is 1. The van der Waals surface area contributed by atoms with Gasteiger partial charge in [0.15, 0.2) is 5.58 Å². The third-order valence-corrected chi connectivity index (χ3v) is 4.36. The van der Waals surface area contributed by atoms with E-state index in [1.165, 1.54) is 24.4 Å². The topological polar surface area (TPSA) is 111 Å². The van der Waals surface area contributed by atoms with E-state index in [1.54, 1.807) is 18.2 Å². The molecule has 8 heteroatoms. The number of aliphatic imine (C=N–C) groups is 1. The van der Waals surface area contributed by atoms with Crippen LogP contribution in [0, 0.1) is 10.1 Å². The van der Waals surface area contributed by atoms with E-state index in [0.29, 0.717) is 29.3 Å². The number of ether oxygens (including phenoxy) is 1. The van der Waals surface area contributed by atoms with Gasteiger partial charge in [-0.05, 0) is 55.5 Å². The minimum absolute atomic E-state index is 0.0929. The molecule has 0 unspecified atom stereocenters. The molecule has 0 aliphatic heterocycles. The molecule has 8 nitrogen and oxygen atoms in total. The molecule has 0 amide bonds. The van der Waals surface area contributed by atoms with Gasteiger partial charge in [0, 0.05) is 29.5 Å². The molecule has 1 aromatic heterocycles. The zero-order valence-corrected chi connectivity index (χ0v) is 16.0. The molecule has 0 aliphatic rings. The number of phenolic OH excluding ortho intramolecular Hbond substituents is 1. The molecular formula is C22H17N3O5. The lowest BCUT2D eigenvalue weighted by molar-refractivity contribution is -0.384. The largest absolute Gasteiger partial charge is 0.507 e. The number of aromatic nitrogens is 1. The number of non-ortho nitro benzene ring substituents is 1. The number of phenols is 1. The number of hydrogen-bond donors (Lipinski definition) is 1. The SMILES string of the molecule is CCOc1ccc(-c2nc3cc(N=Cc4cc([N+](=O)[O-])ccc4O)ccc3o2)cc1. The fourth-order valence-corrected chi connectivity index (χ4v) is 2.88. The smallest absolute Gasteiger partial charge is 0.270 e. The van der Waals surface area contributed by atoms with Crippen LogP contribution < -0.4 is 4.74 Å². The molecule has 4 rings (SSSR count). The summed E-state index contributed by atoms with van der Waals surface area (Å²) in [5.41, 5.74) is 2.75. The van der Waals surface area contributed by atoms with Gasteiger partial charge < -0.3 is 14.3 Å². The highest BCUT2D eigenvalue weighted by atomic mass is 16.6. The van der Waals surface area contributed by atoms with E-state index in [4.69, 9.17) is 9.15 Å². The lowest BCUT2D eigenvalue weighted by Gasteiger charge is -2.02. The third-order valence-electron chi connectivity index (χ3n) is 4.36. The van der Waals surface area contributed by atoms with Crippen molar-refractivity contribution in [1.82, 2.24) is 4.98 Å². The van der Waals surface area contributed by atoms with Crippen molar-refractivity contribution in [1.29, 1.82) is 0 Å². The van der Waals surface area contributed by atoms with Gasteiger partial charge in [-0.1, -0.05) is 0 Å². The van der Waals surface area contributed by atoms with Crippen LogP contribution in [-0.2, 0) is 0 Å². The van der Waals surface area contributed by atoms with Crippen LogP contribution in [0.15, 0.2) is 70.1 Å². The van der Waals surface area contributed by atoms with Gasteiger partial charge in [0.05, 0.1) is 17.2 Å². The Morgan fingerprint density at radius 2 is 1.97 bits per heavy atom. The maximum absolute atomic E-state index is 10.9. The number of aromatic hydroxyl groups is 1. The summed E-state index contributed by atoms with van der Waals surface area (Å²) in [6.45, 7) is 2.52. The van der Waals surface area contributed by atoms with Crippen molar-refractivity contribution < 1.29 is 19.2 Å². The van der Waals surface area contributed by atoms with Crippen molar-refractivity contribution >= 4 is 28.7 Å². The van der Waals surface area contributed by atoms with Crippen LogP contribution in [0.2, 0.25) is 0 Å². The number of fused-ring (bicyclic) bond motifs is 1. The van der Waals surface area contributed by atoms with Crippen LogP contribution in [-0.4, -0.2) is 27.8 Å². The molecule has 0 aliphatic carbocycles. The maximum atomic E-state index is 10.9. The summed E-state index contributed by atoms with van der Waals surface area (Å²) in [7, 11) is 0. The summed E-state index contributed by atoms with van der Waals surface area (Å²) in [5, 5.41) is 20.8. The first-order valence-electron chi connectivity index (χ1n) is 9.19. The predicted molar refractivity (Wildman–Crippen MR) is 113 cm³/mol. The van der Waals surface area contributed by atoms with E-state index >= 15 is 0 Å². The van der Waals surface area contributed by atoms with E-state index in [0.717, 1.165) is 11.3 Å². The van der Waals surface area contributed by atoms with Crippen molar-refractivity contribution in [3.63, 3.8) is 0 Å². The van der Waals surface area contributed by atoms with Crippen LogP contribution >= 0.6 is 0 Å². The first-order valence-corrected chi connectivity index (χ1v) is 9.19. The van der Waals surface area contributed by atoms with Gasteiger partial charge in [-0.15, -0.1) is 0 Å². The standard InChI is InChI=1S/C22H17N3O5/c1-2-29-18-7-3-14(4-8-18)22-24-19-12-16(5-10-21(19)30-22)23-13-15-11-17(25(27)28)6-9-20(15)26/h3-13,26H,2H2,1H3. The number of oxazole rings is 1. The zero-order chi connectivity index (χ0) is 21.1. The van der Waals surface area contributed by atoms with Gasteiger partial charge in [-0.2, -0.15) is 0 Å². The van der Waals surface area contributed by atoms with Gasteiger partial charge in [0.25, 0.3) is 5.69 Å².